The van der Waals surface area contributed by atoms with Gasteiger partial charge in [-0.1, -0.05) is 6.07 Å². The molecule has 2 rings (SSSR count). The fraction of sp³-hybridized carbons (Fsp3) is 0.353. The van der Waals surface area contributed by atoms with Crippen molar-refractivity contribution in [3.8, 4) is 5.75 Å². The molecule has 1 heterocycles. The van der Waals surface area contributed by atoms with E-state index in [2.05, 4.69) is 21.2 Å². The molecule has 2 aromatic rings. The number of aryl methyl sites for hydroxylation is 1. The van der Waals surface area contributed by atoms with Crippen molar-refractivity contribution in [2.75, 3.05) is 7.11 Å². The lowest BCUT2D eigenvalue weighted by Crippen LogP contribution is -2.34. The van der Waals surface area contributed by atoms with Gasteiger partial charge < -0.3 is 14.5 Å². The Morgan fingerprint density at radius 2 is 2.23 bits per heavy atom. The summed E-state index contributed by atoms with van der Waals surface area (Å²) in [6.07, 6.45) is 3.50. The van der Waals surface area contributed by atoms with Crippen LogP contribution in [0.1, 0.15) is 24.7 Å². The monoisotopic (exact) mass is 365 g/mol. The Labute approximate surface area is 139 Å². The van der Waals surface area contributed by atoms with Crippen LogP contribution in [0.5, 0.6) is 5.75 Å². The summed E-state index contributed by atoms with van der Waals surface area (Å²) in [4.78, 5) is 12.0. The van der Waals surface area contributed by atoms with E-state index < -0.39 is 0 Å². The van der Waals surface area contributed by atoms with Crippen molar-refractivity contribution in [2.45, 2.75) is 32.2 Å². The van der Waals surface area contributed by atoms with Crippen LogP contribution in [-0.2, 0) is 17.6 Å². The number of hydrogen-bond donors (Lipinski definition) is 1. The molecule has 1 aromatic heterocycles. The van der Waals surface area contributed by atoms with Crippen molar-refractivity contribution < 1.29 is 13.9 Å². The third-order valence-corrected chi connectivity index (χ3v) is 3.97. The third kappa shape index (κ3) is 4.91. The maximum atomic E-state index is 12.0. The van der Waals surface area contributed by atoms with Crippen molar-refractivity contribution >= 4 is 21.8 Å². The molecule has 0 aliphatic carbocycles. The Balaban J connectivity index is 1.78. The van der Waals surface area contributed by atoms with Gasteiger partial charge in [0, 0.05) is 18.9 Å². The first kappa shape index (κ1) is 16.6. The zero-order chi connectivity index (χ0) is 15.9. The first-order valence-electron chi connectivity index (χ1n) is 7.22. The van der Waals surface area contributed by atoms with Gasteiger partial charge >= 0.3 is 0 Å². The van der Waals surface area contributed by atoms with Crippen LogP contribution < -0.4 is 10.1 Å². The summed E-state index contributed by atoms with van der Waals surface area (Å²) in [7, 11) is 1.63. The molecule has 5 heteroatoms. The van der Waals surface area contributed by atoms with Crippen molar-refractivity contribution in [3.63, 3.8) is 0 Å². The van der Waals surface area contributed by atoms with E-state index in [0.29, 0.717) is 19.3 Å². The topological polar surface area (TPSA) is 51.5 Å². The van der Waals surface area contributed by atoms with Crippen LogP contribution in [0.25, 0.3) is 0 Å². The lowest BCUT2D eigenvalue weighted by Gasteiger charge is -2.12. The van der Waals surface area contributed by atoms with Crippen LogP contribution in [-0.4, -0.2) is 19.1 Å². The van der Waals surface area contributed by atoms with Gasteiger partial charge in [-0.05, 0) is 59.1 Å². The van der Waals surface area contributed by atoms with E-state index in [1.54, 1.807) is 13.4 Å². The summed E-state index contributed by atoms with van der Waals surface area (Å²) >= 11 is 3.45. The summed E-state index contributed by atoms with van der Waals surface area (Å²) in [6, 6.07) is 9.68. The number of furan rings is 1. The Morgan fingerprint density at radius 1 is 1.41 bits per heavy atom. The van der Waals surface area contributed by atoms with E-state index in [0.717, 1.165) is 21.5 Å². The lowest BCUT2D eigenvalue weighted by molar-refractivity contribution is -0.121. The highest BCUT2D eigenvalue weighted by molar-refractivity contribution is 9.10. The van der Waals surface area contributed by atoms with Crippen LogP contribution in [0.2, 0.25) is 0 Å². The fourth-order valence-electron chi connectivity index (χ4n) is 2.25. The normalized spacial score (nSPS) is 12.0. The number of rotatable bonds is 7. The summed E-state index contributed by atoms with van der Waals surface area (Å²) < 4.78 is 11.4. The minimum absolute atomic E-state index is 0.0472. The van der Waals surface area contributed by atoms with Gasteiger partial charge in [0.25, 0.3) is 0 Å². The molecular formula is C17H20BrNO3. The molecule has 1 amide bonds. The average Bonchev–Trinajstić information content (AvgIpc) is 2.98. The Bertz CT molecular complexity index is 610. The number of ether oxygens (including phenoxy) is 1. The number of carbonyl (C=O) groups is 1. The van der Waals surface area contributed by atoms with E-state index in [4.69, 9.17) is 9.15 Å². The van der Waals surface area contributed by atoms with Crippen LogP contribution >= 0.6 is 15.9 Å². The number of methoxy groups -OCH3 is 1. The molecule has 4 nitrogen and oxygen atoms in total. The zero-order valence-electron chi connectivity index (χ0n) is 12.8. The third-order valence-electron chi connectivity index (χ3n) is 3.35. The molecule has 0 aliphatic rings. The zero-order valence-corrected chi connectivity index (χ0v) is 14.4. The summed E-state index contributed by atoms with van der Waals surface area (Å²) in [5.74, 6) is 1.72. The number of hydrogen-bond acceptors (Lipinski definition) is 3. The first-order chi connectivity index (χ1) is 10.6. The molecule has 1 unspecified atom stereocenters. The largest absolute Gasteiger partial charge is 0.496 e. The first-order valence-corrected chi connectivity index (χ1v) is 8.02. The fourth-order valence-corrected chi connectivity index (χ4v) is 2.84. The van der Waals surface area contributed by atoms with Gasteiger partial charge in [0.15, 0.2) is 0 Å². The molecule has 0 fully saturated rings. The Hall–Kier alpha value is -1.75. The molecule has 0 saturated heterocycles. The number of carbonyl (C=O) groups excluding carboxylic acids is 1. The average molecular weight is 366 g/mol. The molecule has 0 radical (unpaired) electrons. The molecular weight excluding hydrogens is 346 g/mol. The van der Waals surface area contributed by atoms with Crippen molar-refractivity contribution in [1.82, 2.24) is 5.32 Å². The van der Waals surface area contributed by atoms with Gasteiger partial charge in [0.05, 0.1) is 17.8 Å². The molecule has 1 atom stereocenters. The molecule has 0 saturated carbocycles. The van der Waals surface area contributed by atoms with Gasteiger partial charge in [-0.3, -0.25) is 4.79 Å². The number of halogens is 1. The summed E-state index contributed by atoms with van der Waals surface area (Å²) in [5.41, 5.74) is 1.10. The van der Waals surface area contributed by atoms with Crippen molar-refractivity contribution in [3.05, 3.63) is 52.4 Å². The minimum atomic E-state index is 0.0472. The highest BCUT2D eigenvalue weighted by Gasteiger charge is 2.10. The maximum Gasteiger partial charge on any atom is 0.220 e. The highest BCUT2D eigenvalue weighted by Crippen LogP contribution is 2.25. The predicted molar refractivity (Wildman–Crippen MR) is 89.0 cm³/mol. The Morgan fingerprint density at radius 3 is 2.86 bits per heavy atom. The summed E-state index contributed by atoms with van der Waals surface area (Å²) in [5, 5.41) is 2.99. The molecule has 0 bridgehead atoms. The number of amides is 1. The van der Waals surface area contributed by atoms with E-state index in [-0.39, 0.29) is 11.9 Å². The lowest BCUT2D eigenvalue weighted by atomic mass is 10.1. The predicted octanol–water partition coefficient (Wildman–Crippen LogP) is 3.73. The van der Waals surface area contributed by atoms with E-state index in [1.807, 2.05) is 37.3 Å². The van der Waals surface area contributed by atoms with Crippen molar-refractivity contribution in [2.24, 2.45) is 0 Å². The maximum absolute atomic E-state index is 12.0. The van der Waals surface area contributed by atoms with Crippen molar-refractivity contribution in [1.29, 1.82) is 0 Å². The minimum Gasteiger partial charge on any atom is -0.496 e. The van der Waals surface area contributed by atoms with Crippen LogP contribution in [0.3, 0.4) is 0 Å². The Kier molecular flexibility index (Phi) is 6.07. The quantitative estimate of drug-likeness (QED) is 0.813. The number of benzene rings is 1. The second kappa shape index (κ2) is 8.03. The SMILES string of the molecule is COc1ccc(CCC(=O)NC(C)Cc2ccco2)cc1Br. The smallest absolute Gasteiger partial charge is 0.220 e. The van der Waals surface area contributed by atoms with Gasteiger partial charge in [-0.15, -0.1) is 0 Å². The molecule has 22 heavy (non-hydrogen) atoms. The van der Waals surface area contributed by atoms with Crippen LogP contribution in [0.4, 0.5) is 0 Å². The second-order valence-corrected chi connectivity index (χ2v) is 6.08. The van der Waals surface area contributed by atoms with Gasteiger partial charge in [-0.25, -0.2) is 0 Å². The van der Waals surface area contributed by atoms with Gasteiger partial charge in [-0.2, -0.15) is 0 Å². The van der Waals surface area contributed by atoms with E-state index in [9.17, 15) is 4.79 Å². The molecule has 0 spiro atoms. The van der Waals surface area contributed by atoms with E-state index in [1.165, 1.54) is 0 Å². The molecule has 1 aromatic carbocycles. The van der Waals surface area contributed by atoms with Gasteiger partial charge in [0.2, 0.25) is 5.91 Å². The second-order valence-electron chi connectivity index (χ2n) is 5.22. The standard InChI is InChI=1S/C17H20BrNO3/c1-12(10-14-4-3-9-22-14)19-17(20)8-6-13-5-7-16(21-2)15(18)11-13/h3-5,7,9,11-12H,6,8,10H2,1-2H3,(H,19,20). The summed E-state index contributed by atoms with van der Waals surface area (Å²) in [6.45, 7) is 1.98. The molecule has 1 N–H and O–H groups in total. The molecule has 0 aliphatic heterocycles. The van der Waals surface area contributed by atoms with Crippen LogP contribution in [0, 0.1) is 0 Å². The van der Waals surface area contributed by atoms with E-state index >= 15 is 0 Å². The highest BCUT2D eigenvalue weighted by atomic mass is 79.9. The molecule has 118 valence electrons. The van der Waals surface area contributed by atoms with Crippen LogP contribution in [0.15, 0.2) is 45.5 Å². The van der Waals surface area contributed by atoms with Gasteiger partial charge in [0.1, 0.15) is 11.5 Å². The number of nitrogens with one attached hydrogen (secondary N) is 1.